The number of hydrogen-bond donors (Lipinski definition) is 2. The number of nitrogens with one attached hydrogen (secondary N) is 1. The lowest BCUT2D eigenvalue weighted by molar-refractivity contribution is -0.118. The Labute approximate surface area is 135 Å². The van der Waals surface area contributed by atoms with E-state index in [1.54, 1.807) is 45.0 Å². The predicted molar refractivity (Wildman–Crippen MR) is 84.5 cm³/mol. The van der Waals surface area contributed by atoms with Gasteiger partial charge in [-0.1, -0.05) is 12.1 Å². The number of nitrogens with zero attached hydrogens (tertiary/aromatic N) is 1. The first kappa shape index (κ1) is 17.1. The van der Waals surface area contributed by atoms with E-state index in [0.29, 0.717) is 11.4 Å². The van der Waals surface area contributed by atoms with Crippen LogP contribution in [0, 0.1) is 0 Å². The van der Waals surface area contributed by atoms with Crippen LogP contribution in [0.25, 0.3) is 0 Å². The van der Waals surface area contributed by atoms with E-state index in [0.717, 1.165) is 0 Å². The number of alkyl carbamates (subject to hydrolysis) is 1. The summed E-state index contributed by atoms with van der Waals surface area (Å²) in [5, 5.41) is 12.3. The van der Waals surface area contributed by atoms with Crippen molar-refractivity contribution in [1.82, 2.24) is 5.32 Å². The highest BCUT2D eigenvalue weighted by Gasteiger charge is 2.26. The Bertz CT molecular complexity index is 582. The van der Waals surface area contributed by atoms with Crippen molar-refractivity contribution in [2.45, 2.75) is 32.5 Å². The minimum absolute atomic E-state index is 0.103. The molecule has 0 spiro atoms. The summed E-state index contributed by atoms with van der Waals surface area (Å²) in [7, 11) is 0. The number of para-hydroxylation sites is 2. The molecule has 1 heterocycles. The van der Waals surface area contributed by atoms with Crippen LogP contribution < -0.4 is 15.0 Å². The average molecular weight is 322 g/mol. The van der Waals surface area contributed by atoms with E-state index in [4.69, 9.17) is 9.47 Å². The van der Waals surface area contributed by atoms with Crippen molar-refractivity contribution in [1.29, 1.82) is 0 Å². The van der Waals surface area contributed by atoms with Gasteiger partial charge >= 0.3 is 6.09 Å². The third-order valence-electron chi connectivity index (χ3n) is 3.06. The van der Waals surface area contributed by atoms with E-state index in [2.05, 4.69) is 5.32 Å². The third-order valence-corrected chi connectivity index (χ3v) is 3.06. The van der Waals surface area contributed by atoms with E-state index in [-0.39, 0.29) is 25.6 Å². The number of anilines is 1. The van der Waals surface area contributed by atoms with Gasteiger partial charge in [-0.2, -0.15) is 0 Å². The number of aliphatic hydroxyl groups excluding tert-OH is 1. The Hall–Kier alpha value is -2.28. The van der Waals surface area contributed by atoms with E-state index < -0.39 is 17.8 Å². The van der Waals surface area contributed by atoms with Crippen molar-refractivity contribution >= 4 is 17.7 Å². The summed E-state index contributed by atoms with van der Waals surface area (Å²) >= 11 is 0. The zero-order valence-corrected chi connectivity index (χ0v) is 13.5. The van der Waals surface area contributed by atoms with E-state index in [1.807, 2.05) is 0 Å². The summed E-state index contributed by atoms with van der Waals surface area (Å²) in [6, 6.07) is 7.04. The highest BCUT2D eigenvalue weighted by atomic mass is 16.6. The van der Waals surface area contributed by atoms with Crippen LogP contribution in [0.15, 0.2) is 24.3 Å². The van der Waals surface area contributed by atoms with Crippen molar-refractivity contribution in [2.24, 2.45) is 0 Å². The van der Waals surface area contributed by atoms with Crippen LogP contribution in [0.3, 0.4) is 0 Å². The van der Waals surface area contributed by atoms with Crippen LogP contribution in [-0.2, 0) is 9.53 Å². The van der Waals surface area contributed by atoms with Gasteiger partial charge in [0.15, 0.2) is 0 Å². The van der Waals surface area contributed by atoms with E-state index in [1.165, 1.54) is 4.90 Å². The maximum Gasteiger partial charge on any atom is 0.408 e. The lowest BCUT2D eigenvalue weighted by atomic mass is 10.2. The van der Waals surface area contributed by atoms with Gasteiger partial charge in [0.1, 0.15) is 30.6 Å². The number of amides is 2. The van der Waals surface area contributed by atoms with Crippen molar-refractivity contribution in [2.75, 3.05) is 24.6 Å². The quantitative estimate of drug-likeness (QED) is 0.857. The molecule has 0 bridgehead atoms. The van der Waals surface area contributed by atoms with Crippen LogP contribution >= 0.6 is 0 Å². The molecule has 0 aliphatic carbocycles. The largest absolute Gasteiger partial charge is 0.489 e. The minimum Gasteiger partial charge on any atom is -0.489 e. The highest BCUT2D eigenvalue weighted by Crippen LogP contribution is 2.30. The Morgan fingerprint density at radius 3 is 2.78 bits per heavy atom. The van der Waals surface area contributed by atoms with Gasteiger partial charge < -0.3 is 24.8 Å². The second kappa shape index (κ2) is 6.87. The van der Waals surface area contributed by atoms with Gasteiger partial charge in [0, 0.05) is 0 Å². The van der Waals surface area contributed by atoms with Crippen LogP contribution in [0.1, 0.15) is 20.8 Å². The number of rotatable bonds is 2. The minimum atomic E-state index is -0.798. The van der Waals surface area contributed by atoms with Crippen molar-refractivity contribution in [3.8, 4) is 5.75 Å². The number of carbonyl (C=O) groups excluding carboxylic acids is 2. The average Bonchev–Trinajstić information content (AvgIpc) is 2.63. The number of ether oxygens (including phenoxy) is 2. The standard InChI is InChI=1S/C16H22N2O5/c1-16(2,3)23-15(21)17-8-14(20)18-9-11(19)10-22-13-7-5-4-6-12(13)18/h4-7,11,19H,8-10H2,1-3H3,(H,17,21). The molecule has 0 aromatic heterocycles. The molecule has 2 rings (SSSR count). The molecule has 0 radical (unpaired) electrons. The summed E-state index contributed by atoms with van der Waals surface area (Å²) in [5.41, 5.74) is -0.0631. The number of aliphatic hydroxyl groups is 1. The SMILES string of the molecule is CC(C)(C)OC(=O)NCC(=O)N1CC(O)COc2ccccc21. The van der Waals surface area contributed by atoms with Crippen molar-refractivity contribution in [3.05, 3.63) is 24.3 Å². The maximum atomic E-state index is 12.4. The number of β-amino-alcohol motifs (C(OH)–C–C–N with tert-alkyl or cyclic N) is 1. The Balaban J connectivity index is 2.04. The molecular formula is C16H22N2O5. The molecule has 1 aliphatic heterocycles. The topological polar surface area (TPSA) is 88.1 Å². The van der Waals surface area contributed by atoms with Gasteiger partial charge in [-0.25, -0.2) is 4.79 Å². The Morgan fingerprint density at radius 1 is 1.39 bits per heavy atom. The molecular weight excluding hydrogens is 300 g/mol. The fourth-order valence-electron chi connectivity index (χ4n) is 2.14. The van der Waals surface area contributed by atoms with Crippen LogP contribution in [0.2, 0.25) is 0 Å². The first-order chi connectivity index (χ1) is 10.8. The summed E-state index contributed by atoms with van der Waals surface area (Å²) in [5.74, 6) is 0.169. The van der Waals surface area contributed by atoms with Gasteiger partial charge in [0.25, 0.3) is 0 Å². The van der Waals surface area contributed by atoms with Gasteiger partial charge in [-0.3, -0.25) is 4.79 Å². The van der Waals surface area contributed by atoms with Crippen LogP contribution in [0.4, 0.5) is 10.5 Å². The lowest BCUT2D eigenvalue weighted by Gasteiger charge is -2.24. The number of carbonyl (C=O) groups is 2. The fourth-order valence-corrected chi connectivity index (χ4v) is 2.14. The molecule has 1 atom stereocenters. The van der Waals surface area contributed by atoms with Gasteiger partial charge in [0.05, 0.1) is 12.2 Å². The summed E-state index contributed by atoms with van der Waals surface area (Å²) < 4.78 is 10.6. The third kappa shape index (κ3) is 4.85. The van der Waals surface area contributed by atoms with Gasteiger partial charge in [-0.15, -0.1) is 0 Å². The monoisotopic (exact) mass is 322 g/mol. The molecule has 2 amide bonds. The van der Waals surface area contributed by atoms with Crippen LogP contribution in [-0.4, -0.2) is 48.5 Å². The maximum absolute atomic E-state index is 12.4. The van der Waals surface area contributed by atoms with Crippen molar-refractivity contribution < 1.29 is 24.2 Å². The molecule has 0 saturated heterocycles. The van der Waals surface area contributed by atoms with E-state index >= 15 is 0 Å². The Morgan fingerprint density at radius 2 is 2.09 bits per heavy atom. The fraction of sp³-hybridized carbons (Fsp3) is 0.500. The molecule has 1 unspecified atom stereocenters. The first-order valence-electron chi connectivity index (χ1n) is 7.43. The van der Waals surface area contributed by atoms with Gasteiger partial charge in [0.2, 0.25) is 5.91 Å². The number of fused-ring (bicyclic) bond motifs is 1. The molecule has 2 N–H and O–H groups in total. The number of hydrogen-bond acceptors (Lipinski definition) is 5. The molecule has 126 valence electrons. The van der Waals surface area contributed by atoms with Crippen molar-refractivity contribution in [3.63, 3.8) is 0 Å². The number of benzene rings is 1. The molecule has 0 fully saturated rings. The molecule has 0 saturated carbocycles. The zero-order chi connectivity index (χ0) is 17.0. The molecule has 1 aromatic rings. The summed E-state index contributed by atoms with van der Waals surface area (Å²) in [4.78, 5) is 25.5. The lowest BCUT2D eigenvalue weighted by Crippen LogP contribution is -2.44. The highest BCUT2D eigenvalue weighted by molar-refractivity contribution is 5.97. The first-order valence-corrected chi connectivity index (χ1v) is 7.43. The molecule has 23 heavy (non-hydrogen) atoms. The van der Waals surface area contributed by atoms with Gasteiger partial charge in [-0.05, 0) is 32.9 Å². The smallest absolute Gasteiger partial charge is 0.408 e. The normalized spacial score (nSPS) is 17.6. The predicted octanol–water partition coefficient (Wildman–Crippen LogP) is 1.30. The molecule has 7 heteroatoms. The summed E-state index contributed by atoms with van der Waals surface area (Å²) in [6.07, 6.45) is -1.46. The molecule has 1 aromatic carbocycles. The zero-order valence-electron chi connectivity index (χ0n) is 13.5. The van der Waals surface area contributed by atoms with Crippen LogP contribution in [0.5, 0.6) is 5.75 Å². The Kier molecular flexibility index (Phi) is 5.10. The molecule has 7 nitrogen and oxygen atoms in total. The van der Waals surface area contributed by atoms with E-state index in [9.17, 15) is 14.7 Å². The second-order valence-corrected chi connectivity index (χ2v) is 6.29. The second-order valence-electron chi connectivity index (χ2n) is 6.29. The summed E-state index contributed by atoms with van der Waals surface area (Å²) in [6.45, 7) is 5.22. The molecule has 1 aliphatic rings.